The third-order valence-corrected chi connectivity index (χ3v) is 3.97. The first-order valence-electron chi connectivity index (χ1n) is 6.32. The first kappa shape index (κ1) is 12.9. The average molecular weight is 253 g/mol. The predicted octanol–water partition coefficient (Wildman–Crippen LogP) is 3.07. The van der Waals surface area contributed by atoms with Gasteiger partial charge in [-0.1, -0.05) is 36.7 Å². The topological polar surface area (TPSA) is 29.3 Å². The fraction of sp³-hybridized carbons (Fsp3) is 0.571. The van der Waals surface area contributed by atoms with Crippen molar-refractivity contribution in [3.05, 3.63) is 34.9 Å². The maximum atomic E-state index is 6.25. The number of hydrogen-bond donors (Lipinski definition) is 1. The zero-order valence-corrected chi connectivity index (χ0v) is 11.3. The molecule has 1 fully saturated rings. The molecule has 0 bridgehead atoms. The maximum Gasteiger partial charge on any atom is 0.0453 e. The largest absolute Gasteiger partial charge is 0.327 e. The monoisotopic (exact) mass is 252 g/mol. The molecular formula is C14H21ClN2. The highest BCUT2D eigenvalue weighted by Gasteiger charge is 2.26. The van der Waals surface area contributed by atoms with E-state index in [1.165, 1.54) is 5.56 Å². The molecule has 94 valence electrons. The highest BCUT2D eigenvalue weighted by molar-refractivity contribution is 6.31. The number of nitrogens with zero attached hydrogens (tertiary/aromatic N) is 1. The van der Waals surface area contributed by atoms with Crippen molar-refractivity contribution >= 4 is 11.6 Å². The number of benzene rings is 1. The van der Waals surface area contributed by atoms with Crippen LogP contribution in [0.1, 0.15) is 31.9 Å². The lowest BCUT2D eigenvalue weighted by atomic mass is 9.94. The Labute approximate surface area is 109 Å². The van der Waals surface area contributed by atoms with Crippen molar-refractivity contribution in [2.75, 3.05) is 13.1 Å². The van der Waals surface area contributed by atoms with Crippen LogP contribution in [-0.2, 0) is 0 Å². The Balaban J connectivity index is 2.14. The smallest absolute Gasteiger partial charge is 0.0453 e. The van der Waals surface area contributed by atoms with Gasteiger partial charge in [0.05, 0.1) is 0 Å². The van der Waals surface area contributed by atoms with Gasteiger partial charge in [-0.05, 0) is 30.9 Å². The van der Waals surface area contributed by atoms with Crippen molar-refractivity contribution in [1.29, 1.82) is 0 Å². The highest BCUT2D eigenvalue weighted by atomic mass is 35.5. The van der Waals surface area contributed by atoms with Gasteiger partial charge >= 0.3 is 0 Å². The minimum absolute atomic E-state index is 0.295. The summed E-state index contributed by atoms with van der Waals surface area (Å²) in [6.07, 6.45) is 1.13. The van der Waals surface area contributed by atoms with Crippen LogP contribution in [-0.4, -0.2) is 24.0 Å². The van der Waals surface area contributed by atoms with E-state index in [0.717, 1.165) is 24.5 Å². The van der Waals surface area contributed by atoms with E-state index < -0.39 is 0 Å². The third kappa shape index (κ3) is 3.01. The summed E-state index contributed by atoms with van der Waals surface area (Å²) >= 11 is 6.25. The molecule has 3 atom stereocenters. The molecule has 1 aromatic carbocycles. The molecule has 0 saturated carbocycles. The van der Waals surface area contributed by atoms with Crippen LogP contribution in [0.25, 0.3) is 0 Å². The molecular weight excluding hydrogens is 232 g/mol. The second-order valence-corrected chi connectivity index (χ2v) is 5.66. The minimum atomic E-state index is 0.295. The molecule has 2 N–H and O–H groups in total. The predicted molar refractivity (Wildman–Crippen MR) is 73.2 cm³/mol. The number of rotatable bonds is 2. The molecule has 0 spiro atoms. The second kappa shape index (κ2) is 5.38. The molecule has 0 aliphatic carbocycles. The Morgan fingerprint density at radius 1 is 1.35 bits per heavy atom. The average Bonchev–Trinajstić information content (AvgIpc) is 2.27. The standard InChI is InChI=1S/C14H21ClN2/c1-10-7-12(16)9-17(8-10)11(2)13-5-3-4-6-14(13)15/h3-6,10-12H,7-9,16H2,1-2H3. The molecule has 3 unspecified atom stereocenters. The number of piperidine rings is 1. The molecule has 0 aromatic heterocycles. The summed E-state index contributed by atoms with van der Waals surface area (Å²) in [5.74, 6) is 0.670. The van der Waals surface area contributed by atoms with E-state index in [1.54, 1.807) is 0 Å². The summed E-state index contributed by atoms with van der Waals surface area (Å²) in [6, 6.07) is 8.73. The summed E-state index contributed by atoms with van der Waals surface area (Å²) in [4.78, 5) is 2.44. The van der Waals surface area contributed by atoms with E-state index in [-0.39, 0.29) is 0 Å². The quantitative estimate of drug-likeness (QED) is 0.877. The van der Waals surface area contributed by atoms with E-state index in [4.69, 9.17) is 17.3 Å². The van der Waals surface area contributed by atoms with Gasteiger partial charge in [0.25, 0.3) is 0 Å². The first-order valence-corrected chi connectivity index (χ1v) is 6.69. The van der Waals surface area contributed by atoms with Crippen LogP contribution in [0.4, 0.5) is 0 Å². The molecule has 0 radical (unpaired) electrons. The molecule has 1 saturated heterocycles. The van der Waals surface area contributed by atoms with Crippen LogP contribution in [0.5, 0.6) is 0 Å². The summed E-state index contributed by atoms with van der Waals surface area (Å²) < 4.78 is 0. The minimum Gasteiger partial charge on any atom is -0.327 e. The fourth-order valence-electron chi connectivity index (χ4n) is 2.77. The Morgan fingerprint density at radius 3 is 2.71 bits per heavy atom. The van der Waals surface area contributed by atoms with E-state index in [0.29, 0.717) is 18.0 Å². The number of hydrogen-bond acceptors (Lipinski definition) is 2. The molecule has 3 heteroatoms. The summed E-state index contributed by atoms with van der Waals surface area (Å²) in [7, 11) is 0. The van der Waals surface area contributed by atoms with Gasteiger partial charge in [-0.2, -0.15) is 0 Å². The van der Waals surface area contributed by atoms with Gasteiger partial charge in [0.15, 0.2) is 0 Å². The summed E-state index contributed by atoms with van der Waals surface area (Å²) in [6.45, 7) is 6.56. The molecule has 1 heterocycles. The lowest BCUT2D eigenvalue weighted by Gasteiger charge is -2.39. The van der Waals surface area contributed by atoms with Crippen molar-refractivity contribution in [3.63, 3.8) is 0 Å². The van der Waals surface area contributed by atoms with Crippen LogP contribution in [0.3, 0.4) is 0 Å². The molecule has 1 aliphatic heterocycles. The molecule has 1 aromatic rings. The van der Waals surface area contributed by atoms with Crippen LogP contribution >= 0.6 is 11.6 Å². The van der Waals surface area contributed by atoms with Crippen LogP contribution < -0.4 is 5.73 Å². The van der Waals surface area contributed by atoms with Crippen molar-refractivity contribution < 1.29 is 0 Å². The van der Waals surface area contributed by atoms with Gasteiger partial charge in [-0.3, -0.25) is 4.90 Å². The number of likely N-dealkylation sites (tertiary alicyclic amines) is 1. The first-order chi connectivity index (χ1) is 8.08. The lowest BCUT2D eigenvalue weighted by molar-refractivity contribution is 0.124. The Hall–Kier alpha value is -0.570. The van der Waals surface area contributed by atoms with E-state index >= 15 is 0 Å². The van der Waals surface area contributed by atoms with Crippen molar-refractivity contribution in [1.82, 2.24) is 4.90 Å². The van der Waals surface area contributed by atoms with Crippen molar-refractivity contribution in [2.45, 2.75) is 32.4 Å². The molecule has 2 rings (SSSR count). The summed E-state index contributed by atoms with van der Waals surface area (Å²) in [5.41, 5.74) is 7.30. The van der Waals surface area contributed by atoms with Crippen LogP contribution in [0.15, 0.2) is 24.3 Å². The second-order valence-electron chi connectivity index (χ2n) is 5.25. The van der Waals surface area contributed by atoms with E-state index in [2.05, 4.69) is 24.8 Å². The van der Waals surface area contributed by atoms with Gasteiger partial charge in [-0.15, -0.1) is 0 Å². The van der Waals surface area contributed by atoms with E-state index in [1.807, 2.05) is 18.2 Å². The Morgan fingerprint density at radius 2 is 2.06 bits per heavy atom. The number of halogens is 1. The molecule has 2 nitrogen and oxygen atoms in total. The van der Waals surface area contributed by atoms with Gasteiger partial charge in [0.2, 0.25) is 0 Å². The van der Waals surface area contributed by atoms with Crippen LogP contribution in [0.2, 0.25) is 5.02 Å². The molecule has 0 amide bonds. The fourth-order valence-corrected chi connectivity index (χ4v) is 3.06. The van der Waals surface area contributed by atoms with Gasteiger partial charge < -0.3 is 5.73 Å². The van der Waals surface area contributed by atoms with Crippen molar-refractivity contribution in [3.8, 4) is 0 Å². The zero-order valence-electron chi connectivity index (χ0n) is 10.6. The maximum absolute atomic E-state index is 6.25. The third-order valence-electron chi connectivity index (χ3n) is 3.62. The lowest BCUT2D eigenvalue weighted by Crippen LogP contribution is -2.47. The van der Waals surface area contributed by atoms with Crippen molar-refractivity contribution in [2.24, 2.45) is 11.7 Å². The van der Waals surface area contributed by atoms with E-state index in [9.17, 15) is 0 Å². The van der Waals surface area contributed by atoms with Gasteiger partial charge in [0, 0.05) is 30.2 Å². The summed E-state index contributed by atoms with van der Waals surface area (Å²) in [5, 5.41) is 0.854. The number of nitrogens with two attached hydrogens (primary N) is 1. The highest BCUT2D eigenvalue weighted by Crippen LogP contribution is 2.30. The normalized spacial score (nSPS) is 28.0. The molecule has 17 heavy (non-hydrogen) atoms. The van der Waals surface area contributed by atoms with Crippen LogP contribution in [0, 0.1) is 5.92 Å². The Bertz CT molecular complexity index is 370. The zero-order chi connectivity index (χ0) is 12.4. The SMILES string of the molecule is CC1CC(N)CN(C(C)c2ccccc2Cl)C1. The Kier molecular flexibility index (Phi) is 4.08. The van der Waals surface area contributed by atoms with Gasteiger partial charge in [-0.25, -0.2) is 0 Å². The molecule has 1 aliphatic rings. The van der Waals surface area contributed by atoms with Gasteiger partial charge in [0.1, 0.15) is 0 Å².